The van der Waals surface area contributed by atoms with E-state index in [1.165, 1.54) is 12.1 Å². The first-order valence-electron chi connectivity index (χ1n) is 13.0. The number of carbonyl (C=O) groups is 3. The van der Waals surface area contributed by atoms with Gasteiger partial charge < -0.3 is 25.4 Å². The largest absolute Gasteiger partial charge is 0.507 e. The van der Waals surface area contributed by atoms with Crippen LogP contribution >= 0.6 is 0 Å². The maximum absolute atomic E-state index is 16.2. The molecule has 40 heavy (non-hydrogen) atoms. The van der Waals surface area contributed by atoms with Gasteiger partial charge in [-0.3, -0.25) is 9.59 Å². The summed E-state index contributed by atoms with van der Waals surface area (Å²) < 4.78 is 38.0. The SMILES string of the molecule is CCCCCCCCOc1c(F)c2c(c(F)c1Nc1c(C)cccc1C(=O)O)C(=O)c1c(O)ccc(O)c1C2=O. The Morgan fingerprint density at radius 2 is 1.40 bits per heavy atom. The Kier molecular flexibility index (Phi) is 8.37. The number of aromatic hydroxyl groups is 2. The van der Waals surface area contributed by atoms with Crippen molar-refractivity contribution in [3.8, 4) is 17.2 Å². The lowest BCUT2D eigenvalue weighted by Crippen LogP contribution is -2.26. The highest BCUT2D eigenvalue weighted by molar-refractivity contribution is 6.31. The number of carbonyl (C=O) groups excluding carboxylic acids is 2. The molecule has 0 bridgehead atoms. The minimum absolute atomic E-state index is 0.0414. The highest BCUT2D eigenvalue weighted by Crippen LogP contribution is 2.45. The fraction of sp³-hybridized carbons (Fsp3) is 0.300. The topological polar surface area (TPSA) is 133 Å². The van der Waals surface area contributed by atoms with E-state index < -0.39 is 74.4 Å². The van der Waals surface area contributed by atoms with Gasteiger partial charge in [-0.05, 0) is 37.1 Å². The minimum Gasteiger partial charge on any atom is -0.507 e. The molecule has 8 nitrogen and oxygen atoms in total. The van der Waals surface area contributed by atoms with Crippen molar-refractivity contribution in [2.45, 2.75) is 52.4 Å². The first-order chi connectivity index (χ1) is 19.1. The van der Waals surface area contributed by atoms with Gasteiger partial charge in [0, 0.05) is 0 Å². The van der Waals surface area contributed by atoms with Crippen LogP contribution in [0.1, 0.15) is 93.2 Å². The highest BCUT2D eigenvalue weighted by Gasteiger charge is 2.42. The van der Waals surface area contributed by atoms with Crippen LogP contribution in [0.15, 0.2) is 30.3 Å². The minimum atomic E-state index is -1.36. The number of carboxylic acid groups (broad SMARTS) is 1. The smallest absolute Gasteiger partial charge is 0.337 e. The fourth-order valence-corrected chi connectivity index (χ4v) is 4.82. The lowest BCUT2D eigenvalue weighted by Gasteiger charge is -2.24. The van der Waals surface area contributed by atoms with Crippen LogP contribution in [0.25, 0.3) is 0 Å². The number of phenolic OH excluding ortho intramolecular Hbond substituents is 2. The number of aromatic carboxylic acids is 1. The first-order valence-corrected chi connectivity index (χ1v) is 13.0. The molecule has 10 heteroatoms. The molecule has 0 aliphatic heterocycles. The number of ketones is 2. The molecule has 0 atom stereocenters. The van der Waals surface area contributed by atoms with E-state index in [4.69, 9.17) is 4.74 Å². The molecule has 4 N–H and O–H groups in total. The molecule has 0 saturated heterocycles. The van der Waals surface area contributed by atoms with Crippen molar-refractivity contribution in [3.63, 3.8) is 0 Å². The summed E-state index contributed by atoms with van der Waals surface area (Å²) in [6.07, 6.45) is 5.32. The first kappa shape index (κ1) is 28.5. The molecule has 1 aliphatic rings. The fourth-order valence-electron chi connectivity index (χ4n) is 4.82. The second-order valence-corrected chi connectivity index (χ2v) is 9.64. The molecule has 3 aromatic rings. The number of fused-ring (bicyclic) bond motifs is 2. The number of aryl methyl sites for hydroxylation is 1. The zero-order chi connectivity index (χ0) is 29.1. The van der Waals surface area contributed by atoms with Crippen molar-refractivity contribution in [1.82, 2.24) is 0 Å². The van der Waals surface area contributed by atoms with Gasteiger partial charge in [-0.2, -0.15) is 0 Å². The Labute approximate surface area is 229 Å². The summed E-state index contributed by atoms with van der Waals surface area (Å²) in [6, 6.07) is 6.24. The van der Waals surface area contributed by atoms with Crippen molar-refractivity contribution in [2.75, 3.05) is 11.9 Å². The van der Waals surface area contributed by atoms with E-state index in [9.17, 15) is 29.7 Å². The van der Waals surface area contributed by atoms with Gasteiger partial charge in [0.25, 0.3) is 0 Å². The van der Waals surface area contributed by atoms with Crippen LogP contribution in [0.2, 0.25) is 0 Å². The van der Waals surface area contributed by atoms with Crippen LogP contribution in [-0.2, 0) is 0 Å². The van der Waals surface area contributed by atoms with Gasteiger partial charge in [-0.15, -0.1) is 0 Å². The molecule has 0 amide bonds. The Hall–Kier alpha value is -4.47. The number of anilines is 2. The Morgan fingerprint density at radius 1 is 0.825 bits per heavy atom. The van der Waals surface area contributed by atoms with E-state index >= 15 is 8.78 Å². The average molecular weight is 554 g/mol. The molecular formula is C30H29F2NO7. The second-order valence-electron chi connectivity index (χ2n) is 9.64. The predicted molar refractivity (Wildman–Crippen MR) is 143 cm³/mol. The molecule has 0 fully saturated rings. The van der Waals surface area contributed by atoms with Crippen LogP contribution in [0, 0.1) is 18.6 Å². The third kappa shape index (κ3) is 5.09. The number of benzene rings is 3. The summed E-state index contributed by atoms with van der Waals surface area (Å²) in [6.45, 7) is 3.60. The van der Waals surface area contributed by atoms with E-state index in [2.05, 4.69) is 12.2 Å². The molecule has 210 valence electrons. The van der Waals surface area contributed by atoms with Gasteiger partial charge in [0.2, 0.25) is 11.6 Å². The van der Waals surface area contributed by atoms with E-state index in [0.717, 1.165) is 44.2 Å². The van der Waals surface area contributed by atoms with Crippen molar-refractivity contribution in [2.24, 2.45) is 0 Å². The van der Waals surface area contributed by atoms with Crippen LogP contribution in [0.3, 0.4) is 0 Å². The van der Waals surface area contributed by atoms with E-state index in [-0.39, 0.29) is 17.9 Å². The van der Waals surface area contributed by atoms with E-state index in [0.29, 0.717) is 12.0 Å². The number of rotatable bonds is 11. The maximum Gasteiger partial charge on any atom is 0.337 e. The number of unbranched alkanes of at least 4 members (excludes halogenated alkanes) is 5. The number of ether oxygens (including phenoxy) is 1. The van der Waals surface area contributed by atoms with Crippen LogP contribution in [-0.4, -0.2) is 39.5 Å². The van der Waals surface area contributed by atoms with Crippen LogP contribution < -0.4 is 10.1 Å². The molecular weight excluding hydrogens is 524 g/mol. The van der Waals surface area contributed by atoms with Gasteiger partial charge in [0.15, 0.2) is 17.4 Å². The molecule has 4 rings (SSSR count). The van der Waals surface area contributed by atoms with E-state index in [1.54, 1.807) is 13.0 Å². The number of carboxylic acids is 1. The molecule has 3 aromatic carbocycles. The predicted octanol–water partition coefficient (Wildman–Crippen LogP) is 6.64. The Morgan fingerprint density at radius 3 is 2.00 bits per heavy atom. The number of hydrogen-bond donors (Lipinski definition) is 4. The summed E-state index contributed by atoms with van der Waals surface area (Å²) in [5.74, 6) is -8.53. The van der Waals surface area contributed by atoms with Gasteiger partial charge in [0.05, 0.1) is 40.1 Å². The summed E-state index contributed by atoms with van der Waals surface area (Å²) in [5, 5.41) is 32.8. The van der Waals surface area contributed by atoms with Crippen molar-refractivity contribution < 1.29 is 43.2 Å². The molecule has 0 radical (unpaired) electrons. The molecule has 1 aliphatic carbocycles. The number of halogens is 2. The van der Waals surface area contributed by atoms with Crippen LogP contribution in [0.5, 0.6) is 17.2 Å². The van der Waals surface area contributed by atoms with Gasteiger partial charge in [0.1, 0.15) is 17.2 Å². The summed E-state index contributed by atoms with van der Waals surface area (Å²) in [7, 11) is 0. The third-order valence-corrected chi connectivity index (χ3v) is 6.90. The van der Waals surface area contributed by atoms with Crippen molar-refractivity contribution >= 4 is 28.9 Å². The zero-order valence-electron chi connectivity index (χ0n) is 22.1. The lowest BCUT2D eigenvalue weighted by atomic mass is 9.81. The van der Waals surface area contributed by atoms with Gasteiger partial charge >= 0.3 is 5.97 Å². The van der Waals surface area contributed by atoms with Gasteiger partial charge in [-0.1, -0.05) is 51.2 Å². The quantitative estimate of drug-likeness (QED) is 0.120. The maximum atomic E-state index is 16.2. The molecule has 0 spiro atoms. The number of para-hydroxylation sites is 1. The van der Waals surface area contributed by atoms with Crippen molar-refractivity contribution in [3.05, 3.63) is 75.3 Å². The number of hydrogen-bond acceptors (Lipinski definition) is 7. The summed E-state index contributed by atoms with van der Waals surface area (Å²) in [4.78, 5) is 38.5. The molecule has 0 saturated carbocycles. The Bertz CT molecular complexity index is 1520. The summed E-state index contributed by atoms with van der Waals surface area (Å²) in [5.41, 5.74) is -3.80. The normalized spacial score (nSPS) is 12.2. The summed E-state index contributed by atoms with van der Waals surface area (Å²) >= 11 is 0. The zero-order valence-corrected chi connectivity index (χ0v) is 22.1. The number of phenols is 2. The lowest BCUT2D eigenvalue weighted by molar-refractivity contribution is 0.0697. The molecule has 0 heterocycles. The van der Waals surface area contributed by atoms with Crippen molar-refractivity contribution in [1.29, 1.82) is 0 Å². The van der Waals surface area contributed by atoms with Gasteiger partial charge in [-0.25, -0.2) is 13.6 Å². The molecule has 0 unspecified atom stereocenters. The number of nitrogens with one attached hydrogen (secondary N) is 1. The second kappa shape index (κ2) is 11.7. The third-order valence-electron chi connectivity index (χ3n) is 6.90. The monoisotopic (exact) mass is 553 g/mol. The molecule has 0 aromatic heterocycles. The standard InChI is InChI=1S/C30H29F2NO7/c1-3-4-5-6-7-8-14-40-29-24(32)22-21(27(36)19-17(34)12-13-18(35)20(19)28(22)37)23(31)26(29)33-25-15(2)10-9-11-16(25)30(38)39/h9-13,33-35H,3-8,14H2,1-2H3,(H,38,39). The highest BCUT2D eigenvalue weighted by atomic mass is 19.1. The average Bonchev–Trinajstić information content (AvgIpc) is 2.91. The van der Waals surface area contributed by atoms with Crippen LogP contribution in [0.4, 0.5) is 20.2 Å². The Balaban J connectivity index is 1.86. The van der Waals surface area contributed by atoms with E-state index in [1.807, 2.05) is 0 Å².